The molecule has 1 aliphatic rings. The predicted molar refractivity (Wildman–Crippen MR) is 78.0 cm³/mol. The molecule has 2 aromatic rings. The van der Waals surface area contributed by atoms with Crippen LogP contribution < -0.4 is 10.6 Å². The summed E-state index contributed by atoms with van der Waals surface area (Å²) in [6, 6.07) is 7.49. The zero-order chi connectivity index (χ0) is 14.5. The van der Waals surface area contributed by atoms with Crippen LogP contribution in [0.25, 0.3) is 5.69 Å². The third-order valence-corrected chi connectivity index (χ3v) is 3.72. The molecule has 21 heavy (non-hydrogen) atoms. The summed E-state index contributed by atoms with van der Waals surface area (Å²) < 4.78 is 1.54. The first-order chi connectivity index (χ1) is 10.3. The van der Waals surface area contributed by atoms with E-state index in [1.807, 2.05) is 24.3 Å². The number of nitrogens with one attached hydrogen (secondary N) is 2. The van der Waals surface area contributed by atoms with Gasteiger partial charge < -0.3 is 10.6 Å². The third kappa shape index (κ3) is 3.43. The minimum atomic E-state index is 0.0300. The van der Waals surface area contributed by atoms with Crippen LogP contribution >= 0.6 is 0 Å². The zero-order valence-electron chi connectivity index (χ0n) is 11.7. The number of para-hydroxylation sites is 2. The summed E-state index contributed by atoms with van der Waals surface area (Å²) in [6.45, 7) is 2.09. The van der Waals surface area contributed by atoms with Gasteiger partial charge in [-0.1, -0.05) is 12.1 Å². The Morgan fingerprint density at radius 2 is 2.33 bits per heavy atom. The average molecular weight is 286 g/mol. The van der Waals surface area contributed by atoms with Crippen molar-refractivity contribution in [2.24, 2.45) is 5.92 Å². The number of nitrogens with zero attached hydrogens (tertiary/aromatic N) is 4. The molecule has 1 atom stereocenters. The van der Waals surface area contributed by atoms with Gasteiger partial charge in [0.25, 0.3) is 0 Å². The minimum absolute atomic E-state index is 0.0300. The molecule has 110 valence electrons. The van der Waals surface area contributed by atoms with E-state index in [0.29, 0.717) is 12.3 Å². The van der Waals surface area contributed by atoms with Crippen molar-refractivity contribution < 1.29 is 4.79 Å². The molecule has 2 N–H and O–H groups in total. The summed E-state index contributed by atoms with van der Waals surface area (Å²) in [6.07, 6.45) is 4.13. The molecule has 1 unspecified atom stereocenters. The molecule has 1 fully saturated rings. The van der Waals surface area contributed by atoms with Crippen LogP contribution in [0.15, 0.2) is 30.6 Å². The number of tetrazole rings is 1. The van der Waals surface area contributed by atoms with Crippen LogP contribution in [0.4, 0.5) is 5.69 Å². The number of carbonyl (C=O) groups excluding carboxylic acids is 1. The van der Waals surface area contributed by atoms with Crippen molar-refractivity contribution in [3.8, 4) is 5.69 Å². The van der Waals surface area contributed by atoms with Gasteiger partial charge in [0.1, 0.15) is 6.33 Å². The average Bonchev–Trinajstić information content (AvgIpc) is 3.19. The van der Waals surface area contributed by atoms with Crippen LogP contribution in [0.2, 0.25) is 0 Å². The van der Waals surface area contributed by atoms with E-state index in [4.69, 9.17) is 0 Å². The number of benzene rings is 1. The van der Waals surface area contributed by atoms with E-state index in [9.17, 15) is 4.79 Å². The lowest BCUT2D eigenvalue weighted by molar-refractivity contribution is -0.116. The monoisotopic (exact) mass is 286 g/mol. The maximum atomic E-state index is 12.1. The molecule has 1 aromatic heterocycles. The molecule has 7 nitrogen and oxygen atoms in total. The van der Waals surface area contributed by atoms with Crippen molar-refractivity contribution in [1.29, 1.82) is 0 Å². The standard InChI is InChI=1S/C14H18N6O/c21-14(6-5-11-7-8-15-9-11)17-12-3-1-2-4-13(12)20-10-16-18-19-20/h1-4,10-11,15H,5-9H2,(H,17,21). The molecule has 1 saturated heterocycles. The Balaban J connectivity index is 1.63. The van der Waals surface area contributed by atoms with Crippen molar-refractivity contribution >= 4 is 11.6 Å². The van der Waals surface area contributed by atoms with E-state index in [-0.39, 0.29) is 5.91 Å². The van der Waals surface area contributed by atoms with Gasteiger partial charge >= 0.3 is 0 Å². The molecule has 0 radical (unpaired) electrons. The number of anilines is 1. The van der Waals surface area contributed by atoms with Crippen LogP contribution in [0.3, 0.4) is 0 Å². The molecule has 1 aromatic carbocycles. The second-order valence-electron chi connectivity index (χ2n) is 5.22. The molecule has 1 amide bonds. The van der Waals surface area contributed by atoms with Gasteiger partial charge in [0.05, 0.1) is 11.4 Å². The molecule has 0 saturated carbocycles. The van der Waals surface area contributed by atoms with Crippen LogP contribution in [0.1, 0.15) is 19.3 Å². The highest BCUT2D eigenvalue weighted by Gasteiger charge is 2.16. The first-order valence-corrected chi connectivity index (χ1v) is 7.16. The van der Waals surface area contributed by atoms with Gasteiger partial charge in [0, 0.05) is 6.42 Å². The molecular weight excluding hydrogens is 268 g/mol. The fraction of sp³-hybridized carbons (Fsp3) is 0.429. The number of hydrogen-bond donors (Lipinski definition) is 2. The highest BCUT2D eigenvalue weighted by atomic mass is 16.1. The highest BCUT2D eigenvalue weighted by Crippen LogP contribution is 2.20. The smallest absolute Gasteiger partial charge is 0.224 e. The summed E-state index contributed by atoms with van der Waals surface area (Å²) in [5, 5.41) is 17.4. The number of amides is 1. The summed E-state index contributed by atoms with van der Waals surface area (Å²) in [4.78, 5) is 12.1. The number of aromatic nitrogens is 4. The fourth-order valence-corrected chi connectivity index (χ4v) is 2.56. The lowest BCUT2D eigenvalue weighted by Gasteiger charge is -2.11. The van der Waals surface area contributed by atoms with Gasteiger partial charge in [-0.3, -0.25) is 4.79 Å². The number of carbonyl (C=O) groups is 1. The maximum Gasteiger partial charge on any atom is 0.224 e. The normalized spacial score (nSPS) is 17.8. The second kappa shape index (κ2) is 6.45. The largest absolute Gasteiger partial charge is 0.324 e. The summed E-state index contributed by atoms with van der Waals surface area (Å²) >= 11 is 0. The van der Waals surface area contributed by atoms with Gasteiger partial charge in [-0.15, -0.1) is 5.10 Å². The Labute approximate surface area is 122 Å². The molecule has 3 rings (SSSR count). The van der Waals surface area contributed by atoms with Gasteiger partial charge in [0.2, 0.25) is 5.91 Å². The molecule has 1 aliphatic heterocycles. The summed E-state index contributed by atoms with van der Waals surface area (Å²) in [7, 11) is 0. The van der Waals surface area contributed by atoms with E-state index < -0.39 is 0 Å². The maximum absolute atomic E-state index is 12.1. The van der Waals surface area contributed by atoms with Crippen LogP contribution in [0.5, 0.6) is 0 Å². The van der Waals surface area contributed by atoms with Gasteiger partial charge in [-0.2, -0.15) is 4.68 Å². The molecule has 0 bridgehead atoms. The predicted octanol–water partition coefficient (Wildman–Crippen LogP) is 0.990. The quantitative estimate of drug-likeness (QED) is 0.856. The fourth-order valence-electron chi connectivity index (χ4n) is 2.56. The first kappa shape index (κ1) is 13.7. The Hall–Kier alpha value is -2.28. The van der Waals surface area contributed by atoms with Gasteiger partial charge in [-0.25, -0.2) is 0 Å². The minimum Gasteiger partial charge on any atom is -0.324 e. The van der Waals surface area contributed by atoms with Crippen molar-refractivity contribution in [2.45, 2.75) is 19.3 Å². The second-order valence-corrected chi connectivity index (χ2v) is 5.22. The van der Waals surface area contributed by atoms with Gasteiger partial charge in [-0.05, 0) is 54.4 Å². The SMILES string of the molecule is O=C(CCC1CCNC1)Nc1ccccc1-n1cnnn1. The number of rotatable bonds is 5. The molecule has 0 spiro atoms. The molecular formula is C14H18N6O. The van der Waals surface area contributed by atoms with E-state index in [1.54, 1.807) is 0 Å². The molecule has 2 heterocycles. The lowest BCUT2D eigenvalue weighted by atomic mass is 10.0. The Kier molecular flexibility index (Phi) is 4.20. The Morgan fingerprint density at radius 3 is 3.10 bits per heavy atom. The van der Waals surface area contributed by atoms with Gasteiger partial charge in [0.15, 0.2) is 0 Å². The topological polar surface area (TPSA) is 84.7 Å². The summed E-state index contributed by atoms with van der Waals surface area (Å²) in [5.74, 6) is 0.646. The Morgan fingerprint density at radius 1 is 1.43 bits per heavy atom. The van der Waals surface area contributed by atoms with E-state index >= 15 is 0 Å². The van der Waals surface area contributed by atoms with E-state index in [2.05, 4.69) is 26.2 Å². The highest BCUT2D eigenvalue weighted by molar-refractivity contribution is 5.92. The zero-order valence-corrected chi connectivity index (χ0v) is 11.7. The van der Waals surface area contributed by atoms with Crippen molar-refractivity contribution in [3.63, 3.8) is 0 Å². The van der Waals surface area contributed by atoms with Crippen molar-refractivity contribution in [2.75, 3.05) is 18.4 Å². The van der Waals surface area contributed by atoms with Crippen LogP contribution in [-0.4, -0.2) is 39.2 Å². The van der Waals surface area contributed by atoms with Crippen LogP contribution in [0, 0.1) is 5.92 Å². The molecule has 7 heteroatoms. The van der Waals surface area contributed by atoms with E-state index in [0.717, 1.165) is 37.3 Å². The van der Waals surface area contributed by atoms with Crippen LogP contribution in [-0.2, 0) is 4.79 Å². The third-order valence-electron chi connectivity index (χ3n) is 3.72. The first-order valence-electron chi connectivity index (χ1n) is 7.16. The van der Waals surface area contributed by atoms with Crippen molar-refractivity contribution in [3.05, 3.63) is 30.6 Å². The summed E-state index contributed by atoms with van der Waals surface area (Å²) in [5.41, 5.74) is 1.48. The Bertz CT molecular complexity index is 591. The lowest BCUT2D eigenvalue weighted by Crippen LogP contribution is -2.16. The molecule has 0 aliphatic carbocycles. The van der Waals surface area contributed by atoms with E-state index in [1.165, 1.54) is 11.0 Å². The number of hydrogen-bond acceptors (Lipinski definition) is 5. The van der Waals surface area contributed by atoms with Crippen molar-refractivity contribution in [1.82, 2.24) is 25.5 Å².